The van der Waals surface area contributed by atoms with Gasteiger partial charge in [-0.3, -0.25) is 0 Å². The third-order valence-corrected chi connectivity index (χ3v) is 3.73. The van der Waals surface area contributed by atoms with E-state index in [0.717, 1.165) is 32.9 Å². The van der Waals surface area contributed by atoms with Crippen LogP contribution in [0.25, 0.3) is 0 Å². The number of nitrogens with zero attached hydrogens (tertiary/aromatic N) is 1. The van der Waals surface area contributed by atoms with Crippen molar-refractivity contribution >= 4 is 35.8 Å². The van der Waals surface area contributed by atoms with Crippen LogP contribution in [0.1, 0.15) is 26.7 Å². The Labute approximate surface area is 108 Å². The van der Waals surface area contributed by atoms with Crippen molar-refractivity contribution in [1.82, 2.24) is 0 Å². The standard InChI is InChI=1S/C12H20N2S2/c1-8(2)6-5-7-14(4)10-9(13-3)11(15)12(10)16/h8,13H,5-7H2,1-4H3. The molecule has 0 fully saturated rings. The van der Waals surface area contributed by atoms with Gasteiger partial charge in [0.1, 0.15) is 0 Å². The molecule has 1 N–H and O–H groups in total. The molecule has 0 aliphatic heterocycles. The maximum Gasteiger partial charge on any atom is 0.0834 e. The van der Waals surface area contributed by atoms with Crippen molar-refractivity contribution in [2.75, 3.05) is 30.9 Å². The molecule has 0 saturated heterocycles. The van der Waals surface area contributed by atoms with Gasteiger partial charge >= 0.3 is 0 Å². The van der Waals surface area contributed by atoms with Crippen LogP contribution in [-0.4, -0.2) is 20.6 Å². The normalized spacial score (nSPS) is 11.1. The number of hydrogen-bond donors (Lipinski definition) is 1. The summed E-state index contributed by atoms with van der Waals surface area (Å²) < 4.78 is 1.65. The minimum absolute atomic E-state index is 0.764. The van der Waals surface area contributed by atoms with Gasteiger partial charge in [0.15, 0.2) is 0 Å². The van der Waals surface area contributed by atoms with Gasteiger partial charge in [-0.25, -0.2) is 0 Å². The Hall–Kier alpha value is -0.480. The van der Waals surface area contributed by atoms with E-state index in [4.69, 9.17) is 24.4 Å². The lowest BCUT2D eigenvalue weighted by molar-refractivity contribution is 0.555. The van der Waals surface area contributed by atoms with Crippen molar-refractivity contribution in [3.05, 3.63) is 9.02 Å². The molecule has 0 saturated carbocycles. The molecule has 1 aromatic carbocycles. The van der Waals surface area contributed by atoms with E-state index in [2.05, 4.69) is 31.1 Å². The molecule has 4 heteroatoms. The Morgan fingerprint density at radius 3 is 2.38 bits per heavy atom. The second-order valence-corrected chi connectivity index (χ2v) is 5.41. The van der Waals surface area contributed by atoms with Gasteiger partial charge < -0.3 is 10.2 Å². The van der Waals surface area contributed by atoms with E-state index in [1.54, 1.807) is 0 Å². The van der Waals surface area contributed by atoms with E-state index in [1.165, 1.54) is 12.8 Å². The topological polar surface area (TPSA) is 15.3 Å². The highest BCUT2D eigenvalue weighted by molar-refractivity contribution is 7.74. The smallest absolute Gasteiger partial charge is 0.0834 e. The van der Waals surface area contributed by atoms with Crippen molar-refractivity contribution in [2.45, 2.75) is 26.7 Å². The summed E-state index contributed by atoms with van der Waals surface area (Å²) in [5, 5.41) is 3.12. The summed E-state index contributed by atoms with van der Waals surface area (Å²) in [6.07, 6.45) is 2.45. The fourth-order valence-electron chi connectivity index (χ4n) is 1.82. The van der Waals surface area contributed by atoms with Crippen LogP contribution in [0.5, 0.6) is 0 Å². The van der Waals surface area contributed by atoms with Gasteiger partial charge in [0, 0.05) is 20.6 Å². The zero-order chi connectivity index (χ0) is 12.3. The van der Waals surface area contributed by atoms with E-state index in [0.29, 0.717) is 0 Å². The molecule has 0 spiro atoms. The zero-order valence-corrected chi connectivity index (χ0v) is 12.1. The Balaban J connectivity index is 2.60. The molecular formula is C12H20N2S2. The average Bonchev–Trinajstić information content (AvgIpc) is 2.23. The van der Waals surface area contributed by atoms with Crippen molar-refractivity contribution in [2.24, 2.45) is 5.92 Å². The largest absolute Gasteiger partial charge is 0.385 e. The van der Waals surface area contributed by atoms with Gasteiger partial charge in [-0.2, -0.15) is 0 Å². The van der Waals surface area contributed by atoms with E-state index in [9.17, 15) is 0 Å². The van der Waals surface area contributed by atoms with E-state index < -0.39 is 0 Å². The van der Waals surface area contributed by atoms with Gasteiger partial charge in [-0.15, -0.1) is 0 Å². The summed E-state index contributed by atoms with van der Waals surface area (Å²) >= 11 is 10.5. The predicted octanol–water partition coefficient (Wildman–Crippen LogP) is 3.94. The maximum absolute atomic E-state index is 5.27. The Morgan fingerprint density at radius 2 is 1.88 bits per heavy atom. The molecule has 1 aromatic rings. The second-order valence-electron chi connectivity index (χ2n) is 4.59. The monoisotopic (exact) mass is 256 g/mol. The van der Waals surface area contributed by atoms with Crippen LogP contribution in [0.4, 0.5) is 11.4 Å². The second kappa shape index (κ2) is 5.73. The van der Waals surface area contributed by atoms with Crippen molar-refractivity contribution in [3.63, 3.8) is 0 Å². The summed E-state index contributed by atoms with van der Waals surface area (Å²) in [5.74, 6) is 0.764. The molecule has 1 rings (SSSR count). The van der Waals surface area contributed by atoms with Crippen LogP contribution in [0.3, 0.4) is 0 Å². The predicted molar refractivity (Wildman–Crippen MR) is 77.4 cm³/mol. The third-order valence-electron chi connectivity index (χ3n) is 2.79. The Bertz CT molecular complexity index is 417. The highest BCUT2D eigenvalue weighted by Crippen LogP contribution is 2.34. The van der Waals surface area contributed by atoms with Gasteiger partial charge in [-0.1, -0.05) is 38.3 Å². The van der Waals surface area contributed by atoms with Gasteiger partial charge in [0.2, 0.25) is 0 Å². The van der Waals surface area contributed by atoms with Crippen LogP contribution >= 0.6 is 24.4 Å². The first-order chi connectivity index (χ1) is 7.49. The third kappa shape index (κ3) is 2.80. The van der Waals surface area contributed by atoms with E-state index in [1.807, 2.05) is 7.05 Å². The molecule has 0 amide bonds. The SMILES string of the molecule is CNc1c(N(C)CCCC(C)C)c(=S)c1=S. The Morgan fingerprint density at radius 1 is 1.25 bits per heavy atom. The summed E-state index contributed by atoms with van der Waals surface area (Å²) in [7, 11) is 3.98. The number of hydrogen-bond acceptors (Lipinski definition) is 4. The molecule has 0 heterocycles. The summed E-state index contributed by atoms with van der Waals surface area (Å²) in [6.45, 7) is 5.55. The fourth-order valence-corrected chi connectivity index (χ4v) is 2.48. The summed E-state index contributed by atoms with van der Waals surface area (Å²) in [5.41, 5.74) is 2.15. The molecule has 0 bridgehead atoms. The molecule has 90 valence electrons. The lowest BCUT2D eigenvalue weighted by Crippen LogP contribution is -2.22. The van der Waals surface area contributed by atoms with Crippen molar-refractivity contribution in [3.8, 4) is 0 Å². The van der Waals surface area contributed by atoms with Crippen LogP contribution < -0.4 is 10.2 Å². The number of anilines is 2. The van der Waals surface area contributed by atoms with Gasteiger partial charge in [-0.05, 0) is 18.8 Å². The molecule has 16 heavy (non-hydrogen) atoms. The maximum atomic E-state index is 5.27. The first-order valence-corrected chi connectivity index (χ1v) is 6.52. The molecule has 0 unspecified atom stereocenters. The van der Waals surface area contributed by atoms with Crippen LogP contribution in [0.15, 0.2) is 0 Å². The number of rotatable bonds is 6. The van der Waals surface area contributed by atoms with E-state index in [-0.39, 0.29) is 0 Å². The molecule has 0 aliphatic carbocycles. The van der Waals surface area contributed by atoms with Crippen molar-refractivity contribution in [1.29, 1.82) is 0 Å². The molecular weight excluding hydrogens is 236 g/mol. The molecule has 0 atom stereocenters. The van der Waals surface area contributed by atoms with Crippen LogP contribution in [0.2, 0.25) is 0 Å². The van der Waals surface area contributed by atoms with Crippen molar-refractivity contribution < 1.29 is 0 Å². The summed E-state index contributed by atoms with van der Waals surface area (Å²) in [6, 6.07) is 0. The minimum atomic E-state index is 0.764. The minimum Gasteiger partial charge on any atom is -0.385 e. The Kier molecular flexibility index (Phi) is 4.87. The highest BCUT2D eigenvalue weighted by Gasteiger charge is 2.16. The molecule has 0 aromatic heterocycles. The van der Waals surface area contributed by atoms with Crippen LogP contribution in [0, 0.1) is 14.9 Å². The van der Waals surface area contributed by atoms with E-state index >= 15 is 0 Å². The molecule has 0 radical (unpaired) electrons. The lowest BCUT2D eigenvalue weighted by Gasteiger charge is -2.25. The quantitative estimate of drug-likeness (QED) is 0.775. The van der Waals surface area contributed by atoms with Gasteiger partial charge in [0.05, 0.1) is 20.4 Å². The molecule has 2 nitrogen and oxygen atoms in total. The summed E-state index contributed by atoms with van der Waals surface area (Å²) in [4.78, 5) is 2.21. The van der Waals surface area contributed by atoms with Gasteiger partial charge in [0.25, 0.3) is 0 Å². The number of nitrogens with one attached hydrogen (secondary N) is 1. The first kappa shape index (κ1) is 13.6. The molecule has 0 aliphatic rings. The zero-order valence-electron chi connectivity index (χ0n) is 10.5. The van der Waals surface area contributed by atoms with Crippen LogP contribution in [-0.2, 0) is 0 Å². The highest BCUT2D eigenvalue weighted by atomic mass is 32.1. The first-order valence-electron chi connectivity index (χ1n) is 5.71. The lowest BCUT2D eigenvalue weighted by atomic mass is 10.1. The fraction of sp³-hybridized carbons (Fsp3) is 0.667. The average molecular weight is 256 g/mol.